The molecule has 7 nitrogen and oxygen atoms in total. The Morgan fingerprint density at radius 2 is 2.04 bits per heavy atom. The van der Waals surface area contributed by atoms with Gasteiger partial charge in [-0.2, -0.15) is 9.78 Å². The Morgan fingerprint density at radius 1 is 1.25 bits per heavy atom. The van der Waals surface area contributed by atoms with Crippen molar-refractivity contribution in [2.24, 2.45) is 0 Å². The van der Waals surface area contributed by atoms with Gasteiger partial charge in [-0.25, -0.2) is 9.97 Å². The van der Waals surface area contributed by atoms with Crippen LogP contribution in [0.2, 0.25) is 0 Å². The van der Waals surface area contributed by atoms with E-state index >= 15 is 0 Å². The zero-order valence-corrected chi connectivity index (χ0v) is 13.0. The molecule has 3 aromatic rings. The third kappa shape index (κ3) is 2.30. The van der Waals surface area contributed by atoms with E-state index in [2.05, 4.69) is 20.4 Å². The van der Waals surface area contributed by atoms with E-state index in [0.717, 1.165) is 16.8 Å². The minimum absolute atomic E-state index is 0.104. The second-order valence-electron chi connectivity index (χ2n) is 5.71. The van der Waals surface area contributed by atoms with E-state index in [4.69, 9.17) is 0 Å². The normalized spacial score (nSPS) is 16.5. The van der Waals surface area contributed by atoms with Gasteiger partial charge >= 0.3 is 0 Å². The highest BCUT2D eigenvalue weighted by Gasteiger charge is 2.33. The number of aromatic hydroxyl groups is 1. The lowest BCUT2D eigenvalue weighted by Crippen LogP contribution is -2.25. The van der Waals surface area contributed by atoms with Crippen molar-refractivity contribution in [1.82, 2.24) is 19.7 Å². The number of nitrogens with one attached hydrogen (secondary N) is 1. The number of aromatic nitrogens is 4. The third-order valence-corrected chi connectivity index (χ3v) is 4.12. The van der Waals surface area contributed by atoms with E-state index in [1.807, 2.05) is 13.0 Å². The first-order valence-corrected chi connectivity index (χ1v) is 7.59. The molecule has 1 aliphatic heterocycles. The first-order valence-electron chi connectivity index (χ1n) is 7.59. The van der Waals surface area contributed by atoms with Crippen molar-refractivity contribution in [3.05, 3.63) is 59.5 Å². The number of aryl methyl sites for hydroxylation is 1. The van der Waals surface area contributed by atoms with E-state index < -0.39 is 0 Å². The Kier molecular flexibility index (Phi) is 3.26. The number of carbonyl (C=O) groups excluding carboxylic acids is 1. The number of anilines is 1. The second-order valence-corrected chi connectivity index (χ2v) is 5.71. The van der Waals surface area contributed by atoms with Crippen LogP contribution >= 0.6 is 0 Å². The minimum atomic E-state index is -0.168. The predicted octanol–water partition coefficient (Wildman–Crippen LogP) is 2.15. The van der Waals surface area contributed by atoms with Crippen molar-refractivity contribution in [1.29, 1.82) is 0 Å². The van der Waals surface area contributed by atoms with Crippen LogP contribution in [0.5, 0.6) is 5.75 Å². The molecular formula is C17H15N5O2. The number of phenols is 1. The quantitative estimate of drug-likeness (QED) is 0.754. The van der Waals surface area contributed by atoms with Crippen molar-refractivity contribution in [3.63, 3.8) is 0 Å². The Labute approximate surface area is 138 Å². The van der Waals surface area contributed by atoms with Crippen molar-refractivity contribution >= 4 is 11.7 Å². The smallest absolute Gasteiger partial charge is 0.252 e. The fraction of sp³-hybridized carbons (Fsp3) is 0.176. The molecule has 2 N–H and O–H groups in total. The Hall–Kier alpha value is -3.22. The Bertz CT molecular complexity index is 920. The zero-order valence-electron chi connectivity index (χ0n) is 13.0. The number of hydrogen-bond acceptors (Lipinski definition) is 5. The summed E-state index contributed by atoms with van der Waals surface area (Å²) in [7, 11) is 0. The van der Waals surface area contributed by atoms with Crippen LogP contribution in [0, 0.1) is 6.92 Å². The lowest BCUT2D eigenvalue weighted by Gasteiger charge is -2.24. The average molecular weight is 321 g/mol. The molecule has 0 spiro atoms. The van der Waals surface area contributed by atoms with Crippen molar-refractivity contribution in [2.75, 3.05) is 5.32 Å². The topological polar surface area (TPSA) is 92.9 Å². The van der Waals surface area contributed by atoms with Gasteiger partial charge in [0, 0.05) is 30.3 Å². The zero-order chi connectivity index (χ0) is 16.7. The number of phenolic OH excluding ortho intramolecular Hbond substituents is 1. The summed E-state index contributed by atoms with van der Waals surface area (Å²) in [6.45, 7) is 1.89. The molecule has 3 heterocycles. The maximum Gasteiger partial charge on any atom is 0.252 e. The summed E-state index contributed by atoms with van der Waals surface area (Å²) in [5.41, 5.74) is 2.60. The van der Waals surface area contributed by atoms with E-state index in [9.17, 15) is 9.90 Å². The highest BCUT2D eigenvalue weighted by Crippen LogP contribution is 2.40. The van der Waals surface area contributed by atoms with Gasteiger partial charge in [-0.15, -0.1) is 0 Å². The molecule has 0 saturated carbocycles. The highest BCUT2D eigenvalue weighted by atomic mass is 16.3. The number of hydrogen-bond donors (Lipinski definition) is 2. The average Bonchev–Trinajstić information content (AvgIpc) is 2.91. The standard InChI is InChI=1S/C17H15N5O2/c1-10-15-13(11-4-2-5-12(23)8-11)9-14(24)20-16(15)22(21-10)17-18-6-3-7-19-17/h2-8,13,23H,9H2,1H3,(H,20,24)/t13-/m1/s1. The molecule has 120 valence electrons. The van der Waals surface area contributed by atoms with Gasteiger partial charge < -0.3 is 10.4 Å². The summed E-state index contributed by atoms with van der Waals surface area (Å²) in [4.78, 5) is 20.6. The summed E-state index contributed by atoms with van der Waals surface area (Å²) < 4.78 is 1.55. The first-order chi connectivity index (χ1) is 11.6. The molecule has 0 unspecified atom stereocenters. The minimum Gasteiger partial charge on any atom is -0.508 e. The number of carbonyl (C=O) groups is 1. The van der Waals surface area contributed by atoms with Gasteiger partial charge in [0.05, 0.1) is 5.69 Å². The van der Waals surface area contributed by atoms with E-state index in [1.54, 1.807) is 41.3 Å². The van der Waals surface area contributed by atoms with Crippen LogP contribution in [0.25, 0.3) is 5.95 Å². The van der Waals surface area contributed by atoms with Gasteiger partial charge in [0.25, 0.3) is 5.95 Å². The lowest BCUT2D eigenvalue weighted by molar-refractivity contribution is -0.116. The monoisotopic (exact) mass is 321 g/mol. The largest absolute Gasteiger partial charge is 0.508 e. The molecule has 1 aromatic carbocycles. The lowest BCUT2D eigenvalue weighted by atomic mass is 9.86. The number of nitrogens with zero attached hydrogens (tertiary/aromatic N) is 4. The molecular weight excluding hydrogens is 306 g/mol. The molecule has 1 atom stereocenters. The number of fused-ring (bicyclic) bond motifs is 1. The van der Waals surface area contributed by atoms with Crippen LogP contribution in [0.1, 0.15) is 29.2 Å². The summed E-state index contributed by atoms with van der Waals surface area (Å²) in [5.74, 6) is 0.893. The van der Waals surface area contributed by atoms with Gasteiger partial charge in [0.15, 0.2) is 0 Å². The molecule has 4 rings (SSSR count). The van der Waals surface area contributed by atoms with Crippen LogP contribution in [-0.2, 0) is 4.79 Å². The molecule has 7 heteroatoms. The summed E-state index contributed by atoms with van der Waals surface area (Å²) in [6, 6.07) is 8.70. The van der Waals surface area contributed by atoms with E-state index in [0.29, 0.717) is 18.2 Å². The maximum atomic E-state index is 12.2. The summed E-state index contributed by atoms with van der Waals surface area (Å²) >= 11 is 0. The molecule has 1 aliphatic rings. The fourth-order valence-electron chi connectivity index (χ4n) is 3.12. The first kappa shape index (κ1) is 14.4. The molecule has 0 radical (unpaired) electrons. The Morgan fingerprint density at radius 3 is 2.79 bits per heavy atom. The SMILES string of the molecule is Cc1nn(-c2ncccn2)c2c1[C@@H](c1cccc(O)c1)CC(=O)N2. The van der Waals surface area contributed by atoms with Crippen molar-refractivity contribution in [3.8, 4) is 11.7 Å². The highest BCUT2D eigenvalue weighted by molar-refractivity contribution is 5.95. The molecule has 24 heavy (non-hydrogen) atoms. The van der Waals surface area contributed by atoms with Gasteiger partial charge in [-0.05, 0) is 30.7 Å². The second kappa shape index (κ2) is 5.45. The fourth-order valence-corrected chi connectivity index (χ4v) is 3.12. The third-order valence-electron chi connectivity index (χ3n) is 4.12. The molecule has 0 aliphatic carbocycles. The van der Waals surface area contributed by atoms with Gasteiger partial charge in [0.2, 0.25) is 5.91 Å². The van der Waals surface area contributed by atoms with Gasteiger partial charge in [0.1, 0.15) is 11.6 Å². The van der Waals surface area contributed by atoms with Crippen LogP contribution in [0.4, 0.5) is 5.82 Å². The van der Waals surface area contributed by atoms with Crippen molar-refractivity contribution in [2.45, 2.75) is 19.3 Å². The van der Waals surface area contributed by atoms with Gasteiger partial charge in [-0.1, -0.05) is 12.1 Å². The van der Waals surface area contributed by atoms with Gasteiger partial charge in [-0.3, -0.25) is 4.79 Å². The van der Waals surface area contributed by atoms with E-state index in [-0.39, 0.29) is 17.6 Å². The number of benzene rings is 1. The van der Waals surface area contributed by atoms with Crippen LogP contribution < -0.4 is 5.32 Å². The maximum absolute atomic E-state index is 12.2. The van der Waals surface area contributed by atoms with Crippen LogP contribution in [0.15, 0.2) is 42.7 Å². The van der Waals surface area contributed by atoms with Crippen molar-refractivity contribution < 1.29 is 9.90 Å². The molecule has 1 amide bonds. The summed E-state index contributed by atoms with van der Waals surface area (Å²) in [6.07, 6.45) is 3.56. The number of amides is 1. The summed E-state index contributed by atoms with van der Waals surface area (Å²) in [5, 5.41) is 17.2. The number of rotatable bonds is 2. The van der Waals surface area contributed by atoms with Crippen LogP contribution in [0.3, 0.4) is 0 Å². The predicted molar refractivity (Wildman–Crippen MR) is 87.1 cm³/mol. The molecule has 0 fully saturated rings. The molecule has 2 aromatic heterocycles. The van der Waals surface area contributed by atoms with E-state index in [1.165, 1.54) is 0 Å². The molecule has 0 saturated heterocycles. The molecule has 0 bridgehead atoms. The van der Waals surface area contributed by atoms with Crippen LogP contribution in [-0.4, -0.2) is 30.8 Å². The Balaban J connectivity index is 1.89.